The van der Waals surface area contributed by atoms with Gasteiger partial charge < -0.3 is 15.1 Å². The van der Waals surface area contributed by atoms with Crippen LogP contribution in [0, 0.1) is 0 Å². The Morgan fingerprint density at radius 3 is 2.33 bits per heavy atom. The fourth-order valence-electron chi connectivity index (χ4n) is 3.13. The van der Waals surface area contributed by atoms with Gasteiger partial charge in [0.25, 0.3) is 0 Å². The van der Waals surface area contributed by atoms with Crippen LogP contribution >= 0.6 is 46.3 Å². The van der Waals surface area contributed by atoms with Crippen molar-refractivity contribution in [1.29, 1.82) is 0 Å². The minimum absolute atomic E-state index is 0.217. The summed E-state index contributed by atoms with van der Waals surface area (Å²) >= 11 is 19.6. The number of hydrogen-bond donors (Lipinski definition) is 1. The summed E-state index contributed by atoms with van der Waals surface area (Å²) in [4.78, 5) is 21.1. The van der Waals surface area contributed by atoms with E-state index in [0.717, 1.165) is 16.5 Å². The Bertz CT molecular complexity index is 1010. The van der Waals surface area contributed by atoms with Crippen molar-refractivity contribution in [2.24, 2.45) is 0 Å². The molecule has 0 aliphatic carbocycles. The van der Waals surface area contributed by atoms with E-state index in [1.54, 1.807) is 23.1 Å². The number of hydrogen-bond acceptors (Lipinski definition) is 5. The van der Waals surface area contributed by atoms with Crippen molar-refractivity contribution in [3.8, 4) is 0 Å². The van der Waals surface area contributed by atoms with Gasteiger partial charge >= 0.3 is 6.03 Å². The third-order valence-corrected chi connectivity index (χ3v) is 6.46. The normalized spacial score (nSPS) is 14.1. The summed E-state index contributed by atoms with van der Waals surface area (Å²) in [6.45, 7) is 2.50. The molecule has 30 heavy (non-hydrogen) atoms. The second kappa shape index (κ2) is 9.39. The van der Waals surface area contributed by atoms with Gasteiger partial charge in [-0.15, -0.1) is 0 Å². The highest BCUT2D eigenvalue weighted by Gasteiger charge is 2.24. The number of nitrogens with one attached hydrogen (secondary N) is 1. The number of anilines is 2. The molecule has 1 saturated heterocycles. The highest BCUT2D eigenvalue weighted by Crippen LogP contribution is 2.30. The fourth-order valence-corrected chi connectivity index (χ4v) is 4.49. The van der Waals surface area contributed by atoms with Gasteiger partial charge in [-0.3, -0.25) is 0 Å². The Labute approximate surface area is 193 Å². The molecule has 2 aromatic carbocycles. The van der Waals surface area contributed by atoms with Gasteiger partial charge in [-0.1, -0.05) is 53.0 Å². The molecule has 1 aliphatic heterocycles. The quantitative estimate of drug-likeness (QED) is 0.538. The van der Waals surface area contributed by atoms with Gasteiger partial charge in [0, 0.05) is 49.2 Å². The van der Waals surface area contributed by atoms with Crippen LogP contribution in [0.15, 0.2) is 42.5 Å². The standard InChI is InChI=1S/C20H18Cl3N5OS/c21-14-6-4-13(5-7-14)12-17-24-20(30-26-17)28-10-8-27(9-11-28)19(29)25-18-15(22)2-1-3-16(18)23/h1-7H,8-12H2,(H,25,29). The van der Waals surface area contributed by atoms with Crippen LogP contribution in [0.3, 0.4) is 0 Å². The number of urea groups is 1. The Morgan fingerprint density at radius 1 is 1.00 bits per heavy atom. The highest BCUT2D eigenvalue weighted by atomic mass is 35.5. The maximum absolute atomic E-state index is 12.6. The lowest BCUT2D eigenvalue weighted by atomic mass is 10.1. The van der Waals surface area contributed by atoms with Gasteiger partial charge in [-0.05, 0) is 29.8 Å². The van der Waals surface area contributed by atoms with Crippen molar-refractivity contribution in [3.05, 3.63) is 68.9 Å². The van der Waals surface area contributed by atoms with Crippen molar-refractivity contribution in [3.63, 3.8) is 0 Å². The van der Waals surface area contributed by atoms with Gasteiger partial charge in [0.1, 0.15) is 5.82 Å². The van der Waals surface area contributed by atoms with Crippen LogP contribution in [-0.2, 0) is 6.42 Å². The van der Waals surface area contributed by atoms with Crippen LogP contribution in [0.4, 0.5) is 15.6 Å². The monoisotopic (exact) mass is 481 g/mol. The van der Waals surface area contributed by atoms with Crippen LogP contribution in [0.1, 0.15) is 11.4 Å². The number of amides is 2. The zero-order valence-electron chi connectivity index (χ0n) is 15.8. The second-order valence-corrected chi connectivity index (χ2v) is 8.78. The zero-order valence-corrected chi connectivity index (χ0v) is 18.9. The van der Waals surface area contributed by atoms with Gasteiger partial charge in [0.2, 0.25) is 5.13 Å². The molecule has 156 valence electrons. The number of nitrogens with zero attached hydrogens (tertiary/aromatic N) is 4. The van der Waals surface area contributed by atoms with Crippen molar-refractivity contribution in [2.45, 2.75) is 6.42 Å². The molecule has 10 heteroatoms. The molecule has 4 rings (SSSR count). The molecular formula is C20H18Cl3N5OS. The molecule has 1 N–H and O–H groups in total. The number of halogens is 3. The average molecular weight is 483 g/mol. The van der Waals surface area contributed by atoms with Crippen LogP contribution < -0.4 is 10.2 Å². The summed E-state index contributed by atoms with van der Waals surface area (Å²) in [7, 11) is 0. The maximum atomic E-state index is 12.6. The SMILES string of the molecule is O=C(Nc1c(Cl)cccc1Cl)N1CCN(c2nc(Cc3ccc(Cl)cc3)ns2)CC1. The maximum Gasteiger partial charge on any atom is 0.322 e. The molecule has 0 atom stereocenters. The Kier molecular flexibility index (Phi) is 6.63. The van der Waals surface area contributed by atoms with Gasteiger partial charge in [0.15, 0.2) is 0 Å². The first kappa shape index (κ1) is 21.2. The van der Waals surface area contributed by atoms with Gasteiger partial charge in [-0.2, -0.15) is 4.37 Å². The molecule has 0 spiro atoms. The zero-order chi connectivity index (χ0) is 21.1. The fraction of sp³-hybridized carbons (Fsp3) is 0.250. The lowest BCUT2D eigenvalue weighted by Crippen LogP contribution is -2.50. The molecule has 0 saturated carbocycles. The predicted octanol–water partition coefficient (Wildman–Crippen LogP) is 5.44. The van der Waals surface area contributed by atoms with E-state index in [-0.39, 0.29) is 6.03 Å². The molecule has 0 radical (unpaired) electrons. The van der Waals surface area contributed by atoms with E-state index in [1.807, 2.05) is 24.3 Å². The predicted molar refractivity (Wildman–Crippen MR) is 123 cm³/mol. The van der Waals surface area contributed by atoms with Gasteiger partial charge in [-0.25, -0.2) is 9.78 Å². The first-order valence-electron chi connectivity index (χ1n) is 9.31. The van der Waals surface area contributed by atoms with Crippen molar-refractivity contribution < 1.29 is 4.79 Å². The van der Waals surface area contributed by atoms with E-state index in [2.05, 4.69) is 19.6 Å². The summed E-state index contributed by atoms with van der Waals surface area (Å²) < 4.78 is 4.47. The molecule has 0 unspecified atom stereocenters. The lowest BCUT2D eigenvalue weighted by Gasteiger charge is -2.34. The molecule has 2 heterocycles. The molecule has 2 amide bonds. The summed E-state index contributed by atoms with van der Waals surface area (Å²) in [5, 5.41) is 5.22. The van der Waals surface area contributed by atoms with E-state index in [0.29, 0.717) is 53.4 Å². The molecule has 1 aliphatic rings. The van der Waals surface area contributed by atoms with Crippen LogP contribution in [-0.4, -0.2) is 46.5 Å². The van der Waals surface area contributed by atoms with E-state index in [4.69, 9.17) is 34.8 Å². The second-order valence-electron chi connectivity index (χ2n) is 6.80. The van der Waals surface area contributed by atoms with Crippen molar-refractivity contribution in [2.75, 3.05) is 36.4 Å². The Balaban J connectivity index is 1.33. The summed E-state index contributed by atoms with van der Waals surface area (Å²) in [5.74, 6) is 0.783. The third-order valence-electron chi connectivity index (χ3n) is 4.76. The first-order chi connectivity index (χ1) is 14.5. The minimum atomic E-state index is -0.217. The Hall–Kier alpha value is -2.06. The average Bonchev–Trinajstić information content (AvgIpc) is 3.21. The smallest absolute Gasteiger partial charge is 0.322 e. The van der Waals surface area contributed by atoms with Gasteiger partial charge in [0.05, 0.1) is 15.7 Å². The highest BCUT2D eigenvalue weighted by molar-refractivity contribution is 7.09. The largest absolute Gasteiger partial charge is 0.343 e. The summed E-state index contributed by atoms with van der Waals surface area (Å²) in [6.07, 6.45) is 0.661. The molecule has 6 nitrogen and oxygen atoms in total. The molecule has 1 fully saturated rings. The minimum Gasteiger partial charge on any atom is -0.343 e. The number of piperazine rings is 1. The van der Waals surface area contributed by atoms with Crippen molar-refractivity contribution in [1.82, 2.24) is 14.3 Å². The molecule has 1 aromatic heterocycles. The van der Waals surface area contributed by atoms with E-state index >= 15 is 0 Å². The molecule has 3 aromatic rings. The Morgan fingerprint density at radius 2 is 1.67 bits per heavy atom. The molecule has 0 bridgehead atoms. The molecular weight excluding hydrogens is 465 g/mol. The summed E-state index contributed by atoms with van der Waals surface area (Å²) in [5.41, 5.74) is 1.55. The number of aromatic nitrogens is 2. The number of rotatable bonds is 4. The van der Waals surface area contributed by atoms with Crippen LogP contribution in [0.5, 0.6) is 0 Å². The first-order valence-corrected chi connectivity index (χ1v) is 11.2. The third kappa shape index (κ3) is 4.98. The van der Waals surface area contributed by atoms with E-state index in [1.165, 1.54) is 11.5 Å². The number of carbonyl (C=O) groups is 1. The van der Waals surface area contributed by atoms with Crippen LogP contribution in [0.2, 0.25) is 15.1 Å². The number of benzene rings is 2. The van der Waals surface area contributed by atoms with E-state index in [9.17, 15) is 4.79 Å². The summed E-state index contributed by atoms with van der Waals surface area (Å²) in [6, 6.07) is 12.6. The van der Waals surface area contributed by atoms with E-state index < -0.39 is 0 Å². The van der Waals surface area contributed by atoms with Crippen LogP contribution in [0.25, 0.3) is 0 Å². The lowest BCUT2D eigenvalue weighted by molar-refractivity contribution is 0.208. The van der Waals surface area contributed by atoms with Crippen molar-refractivity contribution >= 4 is 63.2 Å². The topological polar surface area (TPSA) is 61.4 Å². The number of carbonyl (C=O) groups excluding carboxylic acids is 1. The number of para-hydroxylation sites is 1.